The topological polar surface area (TPSA) is 104 Å². The van der Waals surface area contributed by atoms with E-state index in [-0.39, 0.29) is 22.4 Å². The summed E-state index contributed by atoms with van der Waals surface area (Å²) in [6, 6.07) is 17.6. The summed E-state index contributed by atoms with van der Waals surface area (Å²) in [4.78, 5) is 23.6. The Morgan fingerprint density at radius 3 is 2.57 bits per heavy atom. The third-order valence-electron chi connectivity index (χ3n) is 9.76. The van der Waals surface area contributed by atoms with Crippen LogP contribution in [0.1, 0.15) is 78.4 Å². The van der Waals surface area contributed by atoms with Crippen LogP contribution < -0.4 is 16.2 Å². The molecule has 1 atom stereocenters. The zero-order chi connectivity index (χ0) is 24.8. The largest absolute Gasteiger partial charge is 0.342 e. The summed E-state index contributed by atoms with van der Waals surface area (Å²) < 4.78 is 0. The Morgan fingerprint density at radius 1 is 1.00 bits per heavy atom. The first kappa shape index (κ1) is 21.6. The van der Waals surface area contributed by atoms with E-state index in [4.69, 9.17) is 15.8 Å². The lowest BCUT2D eigenvalue weighted by Crippen LogP contribution is -2.45. The molecule has 3 fully saturated rings. The van der Waals surface area contributed by atoms with E-state index in [2.05, 4.69) is 63.5 Å². The molecule has 3 aliphatic carbocycles. The molecule has 8 rings (SSSR count). The van der Waals surface area contributed by atoms with E-state index in [1.165, 1.54) is 35.1 Å². The molecule has 0 bridgehead atoms. The van der Waals surface area contributed by atoms with Crippen LogP contribution in [-0.2, 0) is 11.8 Å². The van der Waals surface area contributed by atoms with Crippen LogP contribution in [0.2, 0.25) is 0 Å². The van der Waals surface area contributed by atoms with Gasteiger partial charge in [-0.1, -0.05) is 48.5 Å². The molecule has 0 amide bonds. The number of aromatic nitrogens is 4. The van der Waals surface area contributed by atoms with Gasteiger partial charge in [0.2, 0.25) is 5.95 Å². The number of H-pyrrole nitrogens is 2. The van der Waals surface area contributed by atoms with Crippen molar-refractivity contribution >= 4 is 17.0 Å². The molecule has 4 aliphatic rings. The minimum atomic E-state index is -0.176. The van der Waals surface area contributed by atoms with Crippen molar-refractivity contribution in [2.45, 2.75) is 62.3 Å². The molecule has 2 aromatic carbocycles. The smallest absolute Gasteiger partial charge is 0.263 e. The Labute approximate surface area is 215 Å². The number of hydrogen-bond acceptors (Lipinski definition) is 5. The lowest BCUT2D eigenvalue weighted by molar-refractivity contribution is 0.187. The number of piperidine rings is 1. The monoisotopic (exact) mass is 492 g/mol. The Morgan fingerprint density at radius 2 is 1.81 bits per heavy atom. The lowest BCUT2D eigenvalue weighted by Gasteiger charge is -2.42. The SMILES string of the molecule is N[C@@H]1c2ccccc2CC12CCN(c1nc3[nH]nc(C4(c5cccc(C6CC6)c5)CC4)c3c(=O)[nH]1)CC2. The summed E-state index contributed by atoms with van der Waals surface area (Å²) in [6.45, 7) is 1.66. The third kappa shape index (κ3) is 3.19. The van der Waals surface area contributed by atoms with E-state index in [0.29, 0.717) is 22.9 Å². The first-order chi connectivity index (χ1) is 18.1. The molecule has 1 saturated heterocycles. The summed E-state index contributed by atoms with van der Waals surface area (Å²) in [5, 5.41) is 8.42. The van der Waals surface area contributed by atoms with Crippen LogP contribution >= 0.6 is 0 Å². The van der Waals surface area contributed by atoms with E-state index in [1.807, 2.05) is 0 Å². The van der Waals surface area contributed by atoms with Crippen molar-refractivity contribution in [3.05, 3.63) is 86.8 Å². The molecule has 0 unspecified atom stereocenters. The van der Waals surface area contributed by atoms with Crippen molar-refractivity contribution in [2.75, 3.05) is 18.0 Å². The Balaban J connectivity index is 1.08. The minimum Gasteiger partial charge on any atom is -0.342 e. The maximum Gasteiger partial charge on any atom is 0.263 e. The maximum atomic E-state index is 13.5. The molecule has 1 spiro atoms. The molecule has 4 N–H and O–H groups in total. The summed E-state index contributed by atoms with van der Waals surface area (Å²) in [6.07, 6.45) is 7.60. The highest BCUT2D eigenvalue weighted by molar-refractivity contribution is 5.80. The van der Waals surface area contributed by atoms with E-state index in [0.717, 1.165) is 50.9 Å². The van der Waals surface area contributed by atoms with Gasteiger partial charge in [-0.05, 0) is 78.5 Å². The molecule has 188 valence electrons. The Kier molecular flexibility index (Phi) is 4.41. The minimum absolute atomic E-state index is 0.0728. The van der Waals surface area contributed by atoms with Crippen molar-refractivity contribution in [1.29, 1.82) is 0 Å². The van der Waals surface area contributed by atoms with Crippen LogP contribution in [0, 0.1) is 5.41 Å². The predicted molar refractivity (Wildman–Crippen MR) is 144 cm³/mol. The van der Waals surface area contributed by atoms with Gasteiger partial charge in [0.05, 0.1) is 5.69 Å². The summed E-state index contributed by atoms with van der Waals surface area (Å²) >= 11 is 0. The number of nitrogens with one attached hydrogen (secondary N) is 2. The van der Waals surface area contributed by atoms with Crippen LogP contribution in [0.5, 0.6) is 0 Å². The number of fused-ring (bicyclic) bond motifs is 2. The van der Waals surface area contributed by atoms with Crippen LogP contribution in [-0.4, -0.2) is 33.3 Å². The number of hydrogen-bond donors (Lipinski definition) is 3. The Hall–Kier alpha value is -3.45. The number of nitrogens with zero attached hydrogens (tertiary/aromatic N) is 3. The highest BCUT2D eigenvalue weighted by Crippen LogP contribution is 2.55. The first-order valence-electron chi connectivity index (χ1n) is 13.7. The average molecular weight is 493 g/mol. The van der Waals surface area contributed by atoms with Gasteiger partial charge in [-0.15, -0.1) is 0 Å². The molecule has 0 radical (unpaired) electrons. The van der Waals surface area contributed by atoms with Gasteiger partial charge in [0.25, 0.3) is 5.56 Å². The van der Waals surface area contributed by atoms with Gasteiger partial charge in [0.1, 0.15) is 5.39 Å². The highest BCUT2D eigenvalue weighted by Gasteiger charge is 2.50. The number of nitrogens with two attached hydrogens (primary N) is 1. The molecule has 4 aromatic rings. The quantitative estimate of drug-likeness (QED) is 0.391. The van der Waals surface area contributed by atoms with Gasteiger partial charge in [-0.2, -0.15) is 10.1 Å². The maximum absolute atomic E-state index is 13.5. The molecule has 7 nitrogen and oxygen atoms in total. The predicted octanol–water partition coefficient (Wildman–Crippen LogP) is 4.45. The van der Waals surface area contributed by atoms with Gasteiger partial charge in [0, 0.05) is 24.5 Å². The number of aromatic amines is 2. The van der Waals surface area contributed by atoms with Gasteiger partial charge in [-0.25, -0.2) is 0 Å². The second kappa shape index (κ2) is 7.54. The van der Waals surface area contributed by atoms with E-state index >= 15 is 0 Å². The van der Waals surface area contributed by atoms with E-state index in [9.17, 15) is 4.79 Å². The molecular weight excluding hydrogens is 460 g/mol. The van der Waals surface area contributed by atoms with Crippen LogP contribution in [0.15, 0.2) is 53.3 Å². The van der Waals surface area contributed by atoms with Crippen LogP contribution in [0.4, 0.5) is 5.95 Å². The second-order valence-corrected chi connectivity index (χ2v) is 11.9. The molecule has 37 heavy (non-hydrogen) atoms. The van der Waals surface area contributed by atoms with Crippen LogP contribution in [0.3, 0.4) is 0 Å². The molecular formula is C30H32N6O. The average Bonchev–Trinajstić information content (AvgIpc) is 3.86. The summed E-state index contributed by atoms with van der Waals surface area (Å²) in [7, 11) is 0. The highest BCUT2D eigenvalue weighted by atomic mass is 16.1. The second-order valence-electron chi connectivity index (χ2n) is 11.9. The van der Waals surface area contributed by atoms with Crippen molar-refractivity contribution in [2.24, 2.45) is 11.1 Å². The summed E-state index contributed by atoms with van der Waals surface area (Å²) in [5.74, 6) is 1.34. The lowest BCUT2D eigenvalue weighted by atomic mass is 9.73. The van der Waals surface area contributed by atoms with Gasteiger partial charge in [-0.3, -0.25) is 14.9 Å². The summed E-state index contributed by atoms with van der Waals surface area (Å²) in [5.41, 5.74) is 13.4. The molecule has 2 saturated carbocycles. The van der Waals surface area contributed by atoms with Gasteiger partial charge >= 0.3 is 0 Å². The number of anilines is 1. The fraction of sp³-hybridized carbons (Fsp3) is 0.433. The van der Waals surface area contributed by atoms with Crippen molar-refractivity contribution in [3.63, 3.8) is 0 Å². The van der Waals surface area contributed by atoms with Crippen molar-refractivity contribution < 1.29 is 0 Å². The zero-order valence-electron chi connectivity index (χ0n) is 21.0. The van der Waals surface area contributed by atoms with Crippen LogP contribution in [0.25, 0.3) is 11.0 Å². The van der Waals surface area contributed by atoms with Crippen molar-refractivity contribution in [1.82, 2.24) is 20.2 Å². The normalized spacial score (nSPS) is 23.5. The van der Waals surface area contributed by atoms with Gasteiger partial charge in [0.15, 0.2) is 5.65 Å². The number of benzene rings is 2. The molecule has 2 aromatic heterocycles. The molecule has 3 heterocycles. The fourth-order valence-corrected chi connectivity index (χ4v) is 7.19. The standard InChI is InChI=1S/C30H32N6O/c31-24-22-7-2-1-4-20(22)17-29(24)12-14-36(15-13-29)28-32-26-23(27(37)33-28)25(34-35-26)30(10-11-30)21-6-3-5-19(16-21)18-8-9-18/h1-7,16,18,24H,8-15,17,31H2,(H2,32,33,34,35,37)/t24-/m1/s1. The zero-order valence-corrected chi connectivity index (χ0v) is 21.0. The van der Waals surface area contributed by atoms with E-state index in [1.54, 1.807) is 0 Å². The number of rotatable bonds is 4. The molecule has 7 heteroatoms. The first-order valence-corrected chi connectivity index (χ1v) is 13.7. The Bertz CT molecular complexity index is 1590. The van der Waals surface area contributed by atoms with E-state index < -0.39 is 0 Å². The molecule has 1 aliphatic heterocycles. The van der Waals surface area contributed by atoms with Crippen molar-refractivity contribution in [3.8, 4) is 0 Å². The third-order valence-corrected chi connectivity index (χ3v) is 9.76. The van der Waals surface area contributed by atoms with Gasteiger partial charge < -0.3 is 10.6 Å². The fourth-order valence-electron chi connectivity index (χ4n) is 7.19.